The van der Waals surface area contributed by atoms with Crippen LogP contribution in [0, 0.1) is 13.8 Å². The SMILES string of the molecule is Cc1cn(C2CC(OP(=O)(O)OP(=O)(O)OC3CC(n4cc(C)c(=O)[nH]c4=O)OC3CO)C(CO)O2)c(=O)[nH]c1=O. The van der Waals surface area contributed by atoms with Crippen LogP contribution in [0.2, 0.25) is 0 Å². The van der Waals surface area contributed by atoms with Crippen molar-refractivity contribution in [1.82, 2.24) is 19.1 Å². The van der Waals surface area contributed by atoms with Gasteiger partial charge in [-0.2, -0.15) is 4.31 Å². The molecule has 2 fully saturated rings. The second-order valence-corrected chi connectivity index (χ2v) is 12.3. The summed E-state index contributed by atoms with van der Waals surface area (Å²) in [6.45, 7) is 1.37. The first-order valence-electron chi connectivity index (χ1n) is 12.0. The van der Waals surface area contributed by atoms with Gasteiger partial charge in [0.25, 0.3) is 11.1 Å². The number of rotatable bonds is 10. The van der Waals surface area contributed by atoms with Crippen molar-refractivity contribution >= 4 is 15.6 Å². The lowest BCUT2D eigenvalue weighted by Crippen LogP contribution is -2.33. The number of nitrogens with one attached hydrogen (secondary N) is 2. The number of H-pyrrole nitrogens is 2. The molecule has 0 saturated carbocycles. The van der Waals surface area contributed by atoms with E-state index in [1.165, 1.54) is 26.2 Å². The topological polar surface area (TPSA) is 271 Å². The van der Waals surface area contributed by atoms with Gasteiger partial charge >= 0.3 is 27.0 Å². The Morgan fingerprint density at radius 2 is 1.17 bits per heavy atom. The van der Waals surface area contributed by atoms with Gasteiger partial charge in [0, 0.05) is 36.4 Å². The highest BCUT2D eigenvalue weighted by molar-refractivity contribution is 7.61. The molecule has 228 valence electrons. The Labute approximate surface area is 229 Å². The van der Waals surface area contributed by atoms with E-state index in [-0.39, 0.29) is 24.0 Å². The molecule has 6 N–H and O–H groups in total. The molecular weight excluding hydrogens is 598 g/mol. The number of hydrogen-bond donors (Lipinski definition) is 6. The van der Waals surface area contributed by atoms with Crippen LogP contribution in [0.3, 0.4) is 0 Å². The summed E-state index contributed by atoms with van der Waals surface area (Å²) in [6, 6.07) is 0. The number of aromatic nitrogens is 4. The van der Waals surface area contributed by atoms with Crippen molar-refractivity contribution < 1.29 is 52.0 Å². The molecule has 8 atom stereocenters. The highest BCUT2D eigenvalue weighted by atomic mass is 31.3. The van der Waals surface area contributed by atoms with Crippen molar-refractivity contribution in [1.29, 1.82) is 0 Å². The van der Waals surface area contributed by atoms with Gasteiger partial charge in [-0.15, -0.1) is 0 Å². The van der Waals surface area contributed by atoms with Crippen molar-refractivity contribution in [3.8, 4) is 0 Å². The highest BCUT2D eigenvalue weighted by Gasteiger charge is 2.47. The fraction of sp³-hybridized carbons (Fsp3) is 0.600. The maximum Gasteiger partial charge on any atom is 0.481 e. The van der Waals surface area contributed by atoms with Crippen LogP contribution in [0.1, 0.15) is 36.4 Å². The van der Waals surface area contributed by atoms with E-state index in [4.69, 9.17) is 18.5 Å². The summed E-state index contributed by atoms with van der Waals surface area (Å²) in [5, 5.41) is 19.3. The maximum absolute atomic E-state index is 12.7. The van der Waals surface area contributed by atoms with E-state index in [9.17, 15) is 48.3 Å². The number of aryl methyl sites for hydroxylation is 2. The molecule has 19 nitrogen and oxygen atoms in total. The van der Waals surface area contributed by atoms with E-state index in [0.717, 1.165) is 9.13 Å². The number of nitrogens with zero attached hydrogens (tertiary/aromatic N) is 2. The minimum Gasteiger partial charge on any atom is -0.394 e. The number of aromatic amines is 2. The van der Waals surface area contributed by atoms with Crippen LogP contribution in [-0.2, 0) is 32.0 Å². The molecule has 0 radical (unpaired) electrons. The van der Waals surface area contributed by atoms with E-state index in [0.29, 0.717) is 0 Å². The van der Waals surface area contributed by atoms with E-state index in [1.807, 2.05) is 0 Å². The molecule has 2 aromatic rings. The monoisotopic (exact) mass is 626 g/mol. The fourth-order valence-corrected chi connectivity index (χ4v) is 6.88. The lowest BCUT2D eigenvalue weighted by atomic mass is 10.2. The van der Waals surface area contributed by atoms with Gasteiger partial charge in [0.15, 0.2) is 0 Å². The van der Waals surface area contributed by atoms with Crippen molar-refractivity contribution in [2.45, 2.75) is 63.6 Å². The predicted octanol–water partition coefficient (Wildman–Crippen LogP) is -1.75. The van der Waals surface area contributed by atoms with Gasteiger partial charge in [-0.1, -0.05) is 0 Å². The Hall–Kier alpha value is -2.54. The van der Waals surface area contributed by atoms with E-state index in [1.54, 1.807) is 0 Å². The molecule has 2 aliphatic heterocycles. The Bertz CT molecular complexity index is 1500. The third kappa shape index (κ3) is 7.10. The molecule has 8 unspecified atom stereocenters. The molecule has 0 aromatic carbocycles. The average molecular weight is 626 g/mol. The van der Waals surface area contributed by atoms with Crippen LogP contribution in [0.4, 0.5) is 0 Å². The lowest BCUT2D eigenvalue weighted by molar-refractivity contribution is -0.0482. The molecule has 0 bridgehead atoms. The van der Waals surface area contributed by atoms with Crippen LogP contribution >= 0.6 is 15.6 Å². The van der Waals surface area contributed by atoms with Gasteiger partial charge in [-0.05, 0) is 13.8 Å². The molecular formula is C20H28N4O15P2. The summed E-state index contributed by atoms with van der Waals surface area (Å²) in [5.41, 5.74) is -2.65. The Kier molecular flexibility index (Phi) is 9.18. The van der Waals surface area contributed by atoms with Crippen molar-refractivity contribution in [2.24, 2.45) is 0 Å². The average Bonchev–Trinajstić information content (AvgIpc) is 3.45. The second-order valence-electron chi connectivity index (χ2n) is 9.36. The molecule has 2 saturated heterocycles. The summed E-state index contributed by atoms with van der Waals surface area (Å²) in [7, 11) is -10.8. The van der Waals surface area contributed by atoms with Crippen LogP contribution in [0.5, 0.6) is 0 Å². The molecule has 2 aromatic heterocycles. The number of phosphoric acid groups is 2. The molecule has 0 spiro atoms. The number of aliphatic hydroxyl groups is 2. The zero-order valence-corrected chi connectivity index (χ0v) is 23.3. The first-order chi connectivity index (χ1) is 19.1. The van der Waals surface area contributed by atoms with E-state index >= 15 is 0 Å². The highest BCUT2D eigenvalue weighted by Crippen LogP contribution is 2.63. The first kappa shape index (κ1) is 31.4. The minimum absolute atomic E-state index is 0.160. The van der Waals surface area contributed by atoms with Crippen LogP contribution < -0.4 is 22.5 Å². The minimum atomic E-state index is -5.41. The van der Waals surface area contributed by atoms with Crippen molar-refractivity contribution in [3.63, 3.8) is 0 Å². The third-order valence-corrected chi connectivity index (χ3v) is 9.10. The van der Waals surface area contributed by atoms with Gasteiger partial charge < -0.3 is 29.5 Å². The first-order valence-corrected chi connectivity index (χ1v) is 15.0. The smallest absolute Gasteiger partial charge is 0.394 e. The quantitative estimate of drug-likeness (QED) is 0.160. The van der Waals surface area contributed by atoms with Gasteiger partial charge in [-0.25, -0.2) is 18.7 Å². The number of ether oxygens (including phenoxy) is 2. The normalized spacial score (nSPS) is 29.3. The number of phosphoric ester groups is 2. The Balaban J connectivity index is 1.44. The van der Waals surface area contributed by atoms with E-state index < -0.39 is 88.2 Å². The second kappa shape index (κ2) is 12.0. The summed E-state index contributed by atoms with van der Waals surface area (Å²) < 4.78 is 52.6. The molecule has 0 amide bonds. The van der Waals surface area contributed by atoms with Crippen molar-refractivity contribution in [2.75, 3.05) is 13.2 Å². The van der Waals surface area contributed by atoms with Crippen LogP contribution in [0.25, 0.3) is 0 Å². The van der Waals surface area contributed by atoms with Gasteiger partial charge in [0.1, 0.15) is 36.9 Å². The molecule has 21 heteroatoms. The Morgan fingerprint density at radius 1 is 0.805 bits per heavy atom. The van der Waals surface area contributed by atoms with Gasteiger partial charge in [0.2, 0.25) is 0 Å². The summed E-state index contributed by atoms with van der Waals surface area (Å²) in [4.78, 5) is 72.2. The standard InChI is InChI=1S/C20H28N4O15P2/c1-9-5-23(19(29)21-17(9)27)15-3-11(13(7-25)35-15)37-40(31,32)39-41(33,34)38-12-4-16(36-14(12)8-26)24-6-10(2)18(28)22-20(24)30/h5-6,11-16,25-26H,3-4,7-8H2,1-2H3,(H,31,32)(H,33,34)(H,21,27,29)(H,22,28,30). The number of hydrogen-bond acceptors (Lipinski definition) is 13. The van der Waals surface area contributed by atoms with Crippen LogP contribution in [-0.4, -0.2) is 76.7 Å². The summed E-state index contributed by atoms with van der Waals surface area (Å²) in [5.74, 6) is 0. The zero-order valence-electron chi connectivity index (χ0n) is 21.5. The van der Waals surface area contributed by atoms with Crippen LogP contribution in [0.15, 0.2) is 31.6 Å². The van der Waals surface area contributed by atoms with Crippen molar-refractivity contribution in [3.05, 3.63) is 65.2 Å². The lowest BCUT2D eigenvalue weighted by Gasteiger charge is -2.23. The third-order valence-electron chi connectivity index (χ3n) is 6.38. The Morgan fingerprint density at radius 3 is 1.51 bits per heavy atom. The zero-order chi connectivity index (χ0) is 30.3. The molecule has 41 heavy (non-hydrogen) atoms. The number of aliphatic hydroxyl groups excluding tert-OH is 2. The summed E-state index contributed by atoms with van der Waals surface area (Å²) in [6.07, 6.45) is -5.91. The van der Waals surface area contributed by atoms with Gasteiger partial charge in [0.05, 0.1) is 13.2 Å². The largest absolute Gasteiger partial charge is 0.481 e. The van der Waals surface area contributed by atoms with E-state index in [2.05, 4.69) is 14.3 Å². The predicted molar refractivity (Wildman–Crippen MR) is 134 cm³/mol. The van der Waals surface area contributed by atoms with Gasteiger partial charge in [-0.3, -0.25) is 37.7 Å². The molecule has 0 aliphatic carbocycles. The molecule has 4 rings (SSSR count). The molecule has 4 heterocycles. The molecule has 2 aliphatic rings. The summed E-state index contributed by atoms with van der Waals surface area (Å²) >= 11 is 0. The maximum atomic E-state index is 12.7. The fourth-order valence-electron chi connectivity index (χ4n) is 4.40.